The lowest BCUT2D eigenvalue weighted by Crippen LogP contribution is -2.08. The zero-order valence-electron chi connectivity index (χ0n) is 8.92. The van der Waals surface area contributed by atoms with Gasteiger partial charge in [-0.3, -0.25) is 0 Å². The van der Waals surface area contributed by atoms with E-state index in [1.807, 2.05) is 30.3 Å². The van der Waals surface area contributed by atoms with Gasteiger partial charge in [-0.2, -0.15) is 0 Å². The highest BCUT2D eigenvalue weighted by atomic mass is 35.5. The quantitative estimate of drug-likeness (QED) is 0.852. The summed E-state index contributed by atoms with van der Waals surface area (Å²) in [6, 6.07) is 13.5. The first-order valence-electron chi connectivity index (χ1n) is 5.15. The van der Waals surface area contributed by atoms with Gasteiger partial charge in [-0.15, -0.1) is 11.6 Å². The predicted molar refractivity (Wildman–Crippen MR) is 65.0 cm³/mol. The van der Waals surface area contributed by atoms with Crippen LogP contribution in [-0.4, -0.2) is 5.11 Å². The van der Waals surface area contributed by atoms with Crippen molar-refractivity contribution in [1.82, 2.24) is 0 Å². The van der Waals surface area contributed by atoms with E-state index in [4.69, 9.17) is 16.0 Å². The molecular weight excluding hydrogens is 240 g/mol. The Kier molecular flexibility index (Phi) is 3.61. The summed E-state index contributed by atoms with van der Waals surface area (Å²) in [5.41, 5.74) is 0.270. The smallest absolute Gasteiger partial charge is 0.335 e. The maximum atomic E-state index is 11.0. The van der Waals surface area contributed by atoms with Gasteiger partial charge in [0.1, 0.15) is 11.9 Å². The van der Waals surface area contributed by atoms with Gasteiger partial charge >= 0.3 is 5.63 Å². The first-order valence-corrected chi connectivity index (χ1v) is 5.59. The number of benzene rings is 1. The molecule has 0 saturated heterocycles. The Labute approximate surface area is 103 Å². The normalized spacial score (nSPS) is 14.2. The molecule has 0 aliphatic heterocycles. The van der Waals surface area contributed by atoms with Gasteiger partial charge in [0, 0.05) is 6.07 Å². The van der Waals surface area contributed by atoms with Crippen molar-refractivity contribution in [2.24, 2.45) is 0 Å². The summed E-state index contributed by atoms with van der Waals surface area (Å²) in [5, 5.41) is 9.35. The van der Waals surface area contributed by atoms with Gasteiger partial charge in [0.05, 0.1) is 5.38 Å². The lowest BCUT2D eigenvalue weighted by molar-refractivity contribution is 0.140. The summed E-state index contributed by atoms with van der Waals surface area (Å²) in [4.78, 5) is 11.0. The number of aliphatic hydroxyl groups is 1. The van der Waals surface area contributed by atoms with Crippen molar-refractivity contribution in [3.05, 3.63) is 70.3 Å². The van der Waals surface area contributed by atoms with Crippen LogP contribution in [0.3, 0.4) is 0 Å². The number of rotatable bonds is 3. The van der Waals surface area contributed by atoms with Gasteiger partial charge in [-0.1, -0.05) is 36.4 Å². The third kappa shape index (κ3) is 2.75. The van der Waals surface area contributed by atoms with Crippen molar-refractivity contribution >= 4 is 11.6 Å². The third-order valence-corrected chi connectivity index (χ3v) is 2.89. The molecule has 88 valence electrons. The Morgan fingerprint density at radius 3 is 2.41 bits per heavy atom. The van der Waals surface area contributed by atoms with Crippen LogP contribution < -0.4 is 5.63 Å². The second-order valence-corrected chi connectivity index (χ2v) is 4.08. The second kappa shape index (κ2) is 5.17. The average Bonchev–Trinajstić information content (AvgIpc) is 2.38. The van der Waals surface area contributed by atoms with E-state index in [0.717, 1.165) is 5.56 Å². The van der Waals surface area contributed by atoms with Gasteiger partial charge in [-0.25, -0.2) is 4.79 Å². The van der Waals surface area contributed by atoms with E-state index in [-0.39, 0.29) is 5.76 Å². The van der Waals surface area contributed by atoms with E-state index >= 15 is 0 Å². The van der Waals surface area contributed by atoms with Crippen molar-refractivity contribution in [2.45, 2.75) is 11.5 Å². The van der Waals surface area contributed by atoms with E-state index in [1.54, 1.807) is 0 Å². The van der Waals surface area contributed by atoms with Gasteiger partial charge in [-0.05, 0) is 11.6 Å². The fourth-order valence-electron chi connectivity index (χ4n) is 1.53. The first-order chi connectivity index (χ1) is 8.18. The number of hydrogen-bond donors (Lipinski definition) is 1. The largest absolute Gasteiger partial charge is 0.425 e. The summed E-state index contributed by atoms with van der Waals surface area (Å²) in [7, 11) is 0. The van der Waals surface area contributed by atoms with Gasteiger partial charge in [0.15, 0.2) is 0 Å². The molecule has 1 N–H and O–H groups in total. The first kappa shape index (κ1) is 11.9. The van der Waals surface area contributed by atoms with Crippen LogP contribution >= 0.6 is 11.6 Å². The maximum Gasteiger partial charge on any atom is 0.335 e. The number of hydrogen-bond acceptors (Lipinski definition) is 3. The zero-order valence-corrected chi connectivity index (χ0v) is 9.67. The van der Waals surface area contributed by atoms with Crippen molar-refractivity contribution in [1.29, 1.82) is 0 Å². The van der Waals surface area contributed by atoms with Crippen LogP contribution in [-0.2, 0) is 0 Å². The minimum atomic E-state index is -1.05. The molecule has 0 aliphatic rings. The van der Waals surface area contributed by atoms with Crippen molar-refractivity contribution in [3.63, 3.8) is 0 Å². The molecule has 0 aliphatic carbocycles. The molecule has 4 heteroatoms. The summed E-state index contributed by atoms with van der Waals surface area (Å²) in [6.07, 6.45) is -1.05. The van der Waals surface area contributed by atoms with Gasteiger partial charge in [0.2, 0.25) is 0 Å². The van der Waals surface area contributed by atoms with Crippen molar-refractivity contribution in [2.75, 3.05) is 0 Å². The molecule has 2 aromatic rings. The molecule has 0 spiro atoms. The number of alkyl halides is 1. The fraction of sp³-hybridized carbons (Fsp3) is 0.154. The molecule has 1 aromatic heterocycles. The molecule has 1 aromatic carbocycles. The highest BCUT2D eigenvalue weighted by Gasteiger charge is 2.22. The van der Waals surface area contributed by atoms with Gasteiger partial charge in [0.25, 0.3) is 0 Å². The van der Waals surface area contributed by atoms with Crippen molar-refractivity contribution < 1.29 is 9.52 Å². The van der Waals surface area contributed by atoms with Crippen LogP contribution in [0.2, 0.25) is 0 Å². The standard InChI is InChI=1S/C13H11ClO3/c14-12(9-5-2-1-3-6-9)13(16)10-7-4-8-11(15)17-10/h1-8,12-13,16H/t12-,13+/m0/s1. The lowest BCUT2D eigenvalue weighted by atomic mass is 10.1. The Morgan fingerprint density at radius 2 is 1.76 bits per heavy atom. The highest BCUT2D eigenvalue weighted by molar-refractivity contribution is 6.21. The van der Waals surface area contributed by atoms with Crippen LogP contribution in [0.1, 0.15) is 22.8 Å². The van der Waals surface area contributed by atoms with E-state index in [0.29, 0.717) is 0 Å². The molecule has 17 heavy (non-hydrogen) atoms. The summed E-state index contributed by atoms with van der Waals surface area (Å²) in [6.45, 7) is 0. The molecule has 2 atom stereocenters. The summed E-state index contributed by atoms with van der Waals surface area (Å²) in [5.74, 6) is 0.168. The molecule has 0 amide bonds. The molecule has 0 bridgehead atoms. The molecule has 1 heterocycles. The second-order valence-electron chi connectivity index (χ2n) is 3.61. The van der Waals surface area contributed by atoms with Crippen molar-refractivity contribution in [3.8, 4) is 0 Å². The molecule has 0 radical (unpaired) electrons. The fourth-order valence-corrected chi connectivity index (χ4v) is 1.80. The van der Waals surface area contributed by atoms with Gasteiger partial charge < -0.3 is 9.52 Å². The molecule has 0 saturated carbocycles. The minimum absolute atomic E-state index is 0.168. The predicted octanol–water partition coefficient (Wildman–Crippen LogP) is 2.65. The topological polar surface area (TPSA) is 50.4 Å². The monoisotopic (exact) mass is 250 g/mol. The average molecular weight is 251 g/mol. The van der Waals surface area contributed by atoms with E-state index in [9.17, 15) is 9.90 Å². The molecule has 3 nitrogen and oxygen atoms in total. The van der Waals surface area contributed by atoms with Crippen LogP contribution in [0.5, 0.6) is 0 Å². The zero-order chi connectivity index (χ0) is 12.3. The van der Waals surface area contributed by atoms with Crippen LogP contribution in [0.25, 0.3) is 0 Å². The summed E-state index contributed by atoms with van der Waals surface area (Å²) >= 11 is 6.13. The Balaban J connectivity index is 2.26. The SMILES string of the molecule is O=c1cccc([C@@H](O)[C@@H](Cl)c2ccccc2)o1. The number of aliphatic hydroxyl groups excluding tert-OH is 1. The van der Waals surface area contributed by atoms with E-state index in [1.165, 1.54) is 18.2 Å². The molecule has 0 fully saturated rings. The van der Waals surface area contributed by atoms with Crippen LogP contribution in [0, 0.1) is 0 Å². The minimum Gasteiger partial charge on any atom is -0.425 e. The Bertz CT molecular complexity index is 536. The number of halogens is 1. The lowest BCUT2D eigenvalue weighted by Gasteiger charge is -2.15. The Morgan fingerprint density at radius 1 is 1.06 bits per heavy atom. The summed E-state index contributed by atoms with van der Waals surface area (Å²) < 4.78 is 4.89. The third-order valence-electron chi connectivity index (χ3n) is 2.40. The van der Waals surface area contributed by atoms with E-state index in [2.05, 4.69) is 0 Å². The van der Waals surface area contributed by atoms with Crippen LogP contribution in [0.15, 0.2) is 57.7 Å². The maximum absolute atomic E-state index is 11.0. The molecular formula is C13H11ClO3. The van der Waals surface area contributed by atoms with E-state index < -0.39 is 17.1 Å². The Hall–Kier alpha value is -1.58. The highest BCUT2D eigenvalue weighted by Crippen LogP contribution is 2.33. The van der Waals surface area contributed by atoms with Crippen LogP contribution in [0.4, 0.5) is 0 Å². The molecule has 2 rings (SSSR count). The molecule has 0 unspecified atom stereocenters.